The third-order valence-electron chi connectivity index (χ3n) is 2.98. The molecule has 0 fully saturated rings. The molecule has 126 valence electrons. The molecule has 0 heterocycles. The van der Waals surface area contributed by atoms with Crippen LogP contribution in [0.2, 0.25) is 0 Å². The molecule has 0 radical (unpaired) electrons. The van der Waals surface area contributed by atoms with E-state index in [-0.39, 0.29) is 21.4 Å². The van der Waals surface area contributed by atoms with Gasteiger partial charge in [-0.25, -0.2) is 0 Å². The fourth-order valence-electron chi connectivity index (χ4n) is 2.06. The average Bonchev–Trinajstić information content (AvgIpc) is 2.51. The molecule has 1 aromatic rings. The predicted molar refractivity (Wildman–Crippen MR) is 84.1 cm³/mol. The molecule has 7 heteroatoms. The second-order valence-electron chi connectivity index (χ2n) is 4.95. The van der Waals surface area contributed by atoms with E-state index in [0.717, 1.165) is 4.46 Å². The van der Waals surface area contributed by atoms with E-state index in [1.54, 1.807) is 6.92 Å². The van der Waals surface area contributed by atoms with Gasteiger partial charge in [0.25, 0.3) is 0 Å². The van der Waals surface area contributed by atoms with Crippen LogP contribution in [0.25, 0.3) is 0 Å². The van der Waals surface area contributed by atoms with Crippen LogP contribution in [0.1, 0.15) is 20.3 Å². The van der Waals surface area contributed by atoms with Gasteiger partial charge in [-0.1, -0.05) is 0 Å². The molecule has 6 nitrogen and oxygen atoms in total. The molecule has 1 atom stereocenters. The summed E-state index contributed by atoms with van der Waals surface area (Å²) in [6.45, 7) is 3.00. The van der Waals surface area contributed by atoms with Gasteiger partial charge in [-0.2, -0.15) is 0 Å². The van der Waals surface area contributed by atoms with E-state index in [1.165, 1.54) is 21.1 Å². The number of hydrogen-bond donors (Lipinski definition) is 0. The van der Waals surface area contributed by atoms with Gasteiger partial charge >= 0.3 is 141 Å². The van der Waals surface area contributed by atoms with Crippen LogP contribution in [0.4, 0.5) is 0 Å². The summed E-state index contributed by atoms with van der Waals surface area (Å²) in [5, 5.41) is 0. The van der Waals surface area contributed by atoms with Crippen LogP contribution >= 0.6 is 0 Å². The molecule has 23 heavy (non-hydrogen) atoms. The van der Waals surface area contributed by atoms with Crippen molar-refractivity contribution in [1.82, 2.24) is 0 Å². The van der Waals surface area contributed by atoms with Crippen LogP contribution in [-0.2, 0) is 28.6 Å². The van der Waals surface area contributed by atoms with Gasteiger partial charge < -0.3 is 0 Å². The second kappa shape index (κ2) is 8.70. The van der Waals surface area contributed by atoms with Gasteiger partial charge in [-0.3, -0.25) is 0 Å². The Kier molecular flexibility index (Phi) is 7.26. The average molecular weight is 387 g/mol. The number of esters is 3. The van der Waals surface area contributed by atoms with Crippen LogP contribution in [0.5, 0.6) is 0 Å². The maximum absolute atomic E-state index is 11.9. The summed E-state index contributed by atoms with van der Waals surface area (Å²) in [5.41, 5.74) is 0. The van der Waals surface area contributed by atoms with Crippen molar-refractivity contribution in [2.24, 2.45) is 5.92 Å². The topological polar surface area (TPSA) is 78.9 Å². The molecule has 1 rings (SSSR count). The maximum atomic E-state index is 11.9. The van der Waals surface area contributed by atoms with Crippen LogP contribution in [0.15, 0.2) is 30.3 Å². The standard InChI is InChI=1S/C16H20O6Se/c1-11(17)22-16(2,23-12-8-6-5-7-9-12)10-13(14(18)20-3)15(19)21-4/h5-9,13H,10H2,1-4H3. The SMILES string of the molecule is COC(=O)C(CC(C)(OC(C)=O)[Se]c1ccccc1)C(=O)OC. The molecular formula is C16H20O6Se. The Balaban J connectivity index is 3.05. The molecule has 0 saturated heterocycles. The number of hydrogen-bond acceptors (Lipinski definition) is 6. The van der Waals surface area contributed by atoms with Crippen LogP contribution < -0.4 is 4.46 Å². The number of rotatable bonds is 7. The van der Waals surface area contributed by atoms with E-state index >= 15 is 0 Å². The summed E-state index contributed by atoms with van der Waals surface area (Å²) >= 11 is -0.305. The first-order valence-corrected chi connectivity index (χ1v) is 8.62. The van der Waals surface area contributed by atoms with E-state index < -0.39 is 28.3 Å². The van der Waals surface area contributed by atoms with Gasteiger partial charge in [0, 0.05) is 0 Å². The van der Waals surface area contributed by atoms with Crippen molar-refractivity contribution in [3.8, 4) is 0 Å². The normalized spacial score (nSPS) is 13.1. The van der Waals surface area contributed by atoms with Crippen molar-refractivity contribution in [3.63, 3.8) is 0 Å². The number of carbonyl (C=O) groups is 3. The molecule has 1 unspecified atom stereocenters. The van der Waals surface area contributed by atoms with E-state index in [0.29, 0.717) is 0 Å². The first-order chi connectivity index (χ1) is 10.8. The van der Waals surface area contributed by atoms with Crippen molar-refractivity contribution in [1.29, 1.82) is 0 Å². The molecule has 0 aliphatic heterocycles. The van der Waals surface area contributed by atoms with Gasteiger partial charge in [0.05, 0.1) is 0 Å². The molecule has 0 aromatic heterocycles. The zero-order valence-electron chi connectivity index (χ0n) is 13.5. The molecule has 1 aromatic carbocycles. The van der Waals surface area contributed by atoms with Gasteiger partial charge in [-0.05, 0) is 0 Å². The quantitative estimate of drug-likeness (QED) is 0.296. The molecule has 0 spiro atoms. The van der Waals surface area contributed by atoms with E-state index in [2.05, 4.69) is 9.47 Å². The Bertz CT molecular complexity index is 543. The van der Waals surface area contributed by atoms with Crippen LogP contribution in [0, 0.1) is 5.92 Å². The van der Waals surface area contributed by atoms with Gasteiger partial charge in [0.15, 0.2) is 0 Å². The molecule has 0 bridgehead atoms. The number of ether oxygens (including phenoxy) is 3. The van der Waals surface area contributed by atoms with E-state index in [1.807, 2.05) is 30.3 Å². The van der Waals surface area contributed by atoms with Gasteiger partial charge in [0.1, 0.15) is 0 Å². The number of carbonyl (C=O) groups excluding carboxylic acids is 3. The summed E-state index contributed by atoms with van der Waals surface area (Å²) in [7, 11) is 2.40. The fraction of sp³-hybridized carbons (Fsp3) is 0.438. The summed E-state index contributed by atoms with van der Waals surface area (Å²) in [4.78, 5) is 35.2. The van der Waals surface area contributed by atoms with Crippen LogP contribution in [-0.4, -0.2) is 51.6 Å². The van der Waals surface area contributed by atoms with Crippen molar-refractivity contribution < 1.29 is 28.6 Å². The summed E-state index contributed by atoms with van der Waals surface area (Å²) < 4.78 is 14.8. The molecule has 0 amide bonds. The van der Waals surface area contributed by atoms with Crippen molar-refractivity contribution in [2.75, 3.05) is 14.2 Å². The van der Waals surface area contributed by atoms with E-state index in [4.69, 9.17) is 4.74 Å². The minimum absolute atomic E-state index is 0.000814. The van der Waals surface area contributed by atoms with E-state index in [9.17, 15) is 14.4 Å². The van der Waals surface area contributed by atoms with Crippen molar-refractivity contribution in [3.05, 3.63) is 30.3 Å². The number of benzene rings is 1. The first-order valence-electron chi connectivity index (χ1n) is 6.90. The first kappa shape index (κ1) is 19.2. The molecule has 0 aliphatic rings. The molecule has 0 saturated carbocycles. The predicted octanol–water partition coefficient (Wildman–Crippen LogP) is 0.648. The van der Waals surface area contributed by atoms with Crippen molar-refractivity contribution in [2.45, 2.75) is 24.8 Å². The molecular weight excluding hydrogens is 367 g/mol. The zero-order chi connectivity index (χ0) is 17.5. The number of methoxy groups -OCH3 is 2. The Labute approximate surface area is 141 Å². The Morgan fingerprint density at radius 3 is 2.04 bits per heavy atom. The third-order valence-corrected chi connectivity index (χ3v) is 5.48. The molecule has 0 N–H and O–H groups in total. The van der Waals surface area contributed by atoms with Gasteiger partial charge in [-0.15, -0.1) is 0 Å². The third kappa shape index (κ3) is 6.04. The van der Waals surface area contributed by atoms with Crippen molar-refractivity contribution >= 4 is 37.3 Å². The van der Waals surface area contributed by atoms with Crippen LogP contribution in [0.3, 0.4) is 0 Å². The monoisotopic (exact) mass is 388 g/mol. The summed E-state index contributed by atoms with van der Waals surface area (Å²) in [5.74, 6) is -3.03. The summed E-state index contributed by atoms with van der Waals surface area (Å²) in [6.07, 6.45) is 0.000814. The Hall–Kier alpha value is -1.85. The Morgan fingerprint density at radius 2 is 1.61 bits per heavy atom. The fourth-order valence-corrected chi connectivity index (χ4v) is 4.58. The molecule has 0 aliphatic carbocycles. The van der Waals surface area contributed by atoms with Gasteiger partial charge in [0.2, 0.25) is 0 Å². The second-order valence-corrected chi connectivity index (χ2v) is 8.17. The summed E-state index contributed by atoms with van der Waals surface area (Å²) in [6, 6.07) is 9.46. The zero-order valence-corrected chi connectivity index (χ0v) is 15.2. The minimum atomic E-state index is -1.14. The Morgan fingerprint density at radius 1 is 1.09 bits per heavy atom.